The van der Waals surface area contributed by atoms with Crippen molar-refractivity contribution in [2.45, 2.75) is 20.8 Å². The topological polar surface area (TPSA) is 9.23 Å². The zero-order valence-corrected chi connectivity index (χ0v) is 9.30. The molecule has 0 unspecified atom stereocenters. The number of hydrogen-bond donors (Lipinski definition) is 0. The molecule has 0 aromatic rings. The van der Waals surface area contributed by atoms with Crippen LogP contribution in [0.5, 0.6) is 0 Å². The van der Waals surface area contributed by atoms with E-state index in [0.717, 1.165) is 5.57 Å². The van der Waals surface area contributed by atoms with Gasteiger partial charge >= 0.3 is 0 Å². The fourth-order valence-corrected chi connectivity index (χ4v) is 1.03. The molecule has 0 fully saturated rings. The predicted octanol–water partition coefficient (Wildman–Crippen LogP) is 3.36. The average Bonchev–Trinajstić information content (AvgIpc) is 2.11. The van der Waals surface area contributed by atoms with Crippen LogP contribution >= 0.6 is 0 Å². The fraction of sp³-hybridized carbons (Fsp3) is 0.385. The predicted molar refractivity (Wildman–Crippen MR) is 59.6 cm³/mol. The Labute approximate surface area is 90.3 Å². The van der Waals surface area contributed by atoms with Crippen molar-refractivity contribution in [2.75, 3.05) is 6.61 Å². The number of halogens is 1. The van der Waals surface area contributed by atoms with E-state index in [9.17, 15) is 4.39 Å². The highest BCUT2D eigenvalue weighted by Gasteiger charge is 2.01. The summed E-state index contributed by atoms with van der Waals surface area (Å²) in [6.45, 7) is 6.58. The van der Waals surface area contributed by atoms with Gasteiger partial charge in [-0.1, -0.05) is 19.8 Å². The molecule has 0 saturated carbocycles. The molecule has 0 saturated heterocycles. The van der Waals surface area contributed by atoms with E-state index >= 15 is 0 Å². The largest absolute Gasteiger partial charge is 0.493 e. The Morgan fingerprint density at radius 3 is 2.80 bits per heavy atom. The second kappa shape index (κ2) is 5.41. The summed E-state index contributed by atoms with van der Waals surface area (Å²) in [5, 5.41) is 0. The molecule has 0 bridgehead atoms. The van der Waals surface area contributed by atoms with Gasteiger partial charge in [-0.15, -0.1) is 0 Å². The molecule has 80 valence electrons. The van der Waals surface area contributed by atoms with Crippen LogP contribution in [0.25, 0.3) is 0 Å². The lowest BCUT2D eigenvalue weighted by atomic mass is 10.2. The summed E-state index contributed by atoms with van der Waals surface area (Å²) in [5.41, 5.74) is 0.963. The second-order valence-corrected chi connectivity index (χ2v) is 3.90. The molecule has 15 heavy (non-hydrogen) atoms. The van der Waals surface area contributed by atoms with Crippen molar-refractivity contribution in [2.24, 2.45) is 5.92 Å². The third-order valence-electron chi connectivity index (χ3n) is 1.71. The number of rotatable bonds is 3. The summed E-state index contributed by atoms with van der Waals surface area (Å²) in [6, 6.07) is 0. The molecule has 0 heterocycles. The van der Waals surface area contributed by atoms with Crippen LogP contribution in [0.2, 0.25) is 0 Å². The quantitative estimate of drug-likeness (QED) is 0.643. The number of allylic oxidation sites excluding steroid dienone is 5. The molecule has 1 nitrogen and oxygen atoms in total. The molecule has 0 aliphatic heterocycles. The minimum absolute atomic E-state index is 0.420. The Morgan fingerprint density at radius 2 is 2.13 bits per heavy atom. The van der Waals surface area contributed by atoms with E-state index in [0.29, 0.717) is 18.3 Å². The van der Waals surface area contributed by atoms with E-state index in [2.05, 4.69) is 11.8 Å². The molecule has 0 radical (unpaired) electrons. The highest BCUT2D eigenvalue weighted by atomic mass is 19.1. The van der Waals surface area contributed by atoms with Gasteiger partial charge in [-0.05, 0) is 36.5 Å². The zero-order valence-electron chi connectivity index (χ0n) is 9.30. The van der Waals surface area contributed by atoms with Crippen molar-refractivity contribution in [1.29, 1.82) is 0 Å². The maximum absolute atomic E-state index is 13.1. The van der Waals surface area contributed by atoms with Gasteiger partial charge in [0.25, 0.3) is 0 Å². The van der Waals surface area contributed by atoms with Crippen LogP contribution in [0.15, 0.2) is 35.4 Å². The Bertz CT molecular complexity index is 375. The fourth-order valence-electron chi connectivity index (χ4n) is 1.03. The maximum Gasteiger partial charge on any atom is 0.177 e. The van der Waals surface area contributed by atoms with Crippen molar-refractivity contribution in [1.82, 2.24) is 0 Å². The van der Waals surface area contributed by atoms with Crippen LogP contribution in [0, 0.1) is 17.8 Å². The Balaban J connectivity index is 2.78. The van der Waals surface area contributed by atoms with E-state index in [4.69, 9.17) is 4.74 Å². The summed E-state index contributed by atoms with van der Waals surface area (Å²) in [4.78, 5) is 0. The summed E-state index contributed by atoms with van der Waals surface area (Å²) in [7, 11) is 0. The van der Waals surface area contributed by atoms with Crippen LogP contribution in [0.4, 0.5) is 4.39 Å². The van der Waals surface area contributed by atoms with Gasteiger partial charge < -0.3 is 4.74 Å². The molecule has 0 aromatic heterocycles. The molecular formula is C13H15FO. The van der Waals surface area contributed by atoms with E-state index in [1.165, 1.54) is 6.08 Å². The maximum atomic E-state index is 13.1. The summed E-state index contributed by atoms with van der Waals surface area (Å²) < 4.78 is 18.5. The minimum Gasteiger partial charge on any atom is -0.493 e. The zero-order chi connectivity index (χ0) is 11.3. The molecular weight excluding hydrogens is 191 g/mol. The molecule has 1 aliphatic rings. The van der Waals surface area contributed by atoms with Gasteiger partial charge in [-0.3, -0.25) is 0 Å². The molecule has 0 aromatic carbocycles. The van der Waals surface area contributed by atoms with Crippen molar-refractivity contribution in [3.05, 3.63) is 35.4 Å². The molecule has 0 N–H and O–H groups in total. The van der Waals surface area contributed by atoms with Crippen molar-refractivity contribution in [3.63, 3.8) is 0 Å². The third kappa shape index (κ3) is 4.51. The number of ether oxygens (including phenoxy) is 1. The Morgan fingerprint density at radius 1 is 1.40 bits per heavy atom. The lowest BCUT2D eigenvalue weighted by molar-refractivity contribution is 0.189. The van der Waals surface area contributed by atoms with Gasteiger partial charge in [0.05, 0.1) is 6.61 Å². The van der Waals surface area contributed by atoms with E-state index in [-0.39, 0.29) is 0 Å². The van der Waals surface area contributed by atoms with Crippen LogP contribution < -0.4 is 0 Å². The number of hydrogen-bond acceptors (Lipinski definition) is 1. The lowest BCUT2D eigenvalue weighted by Crippen LogP contribution is -2.01. The molecule has 0 atom stereocenters. The van der Waals surface area contributed by atoms with Gasteiger partial charge in [-0.2, -0.15) is 4.39 Å². The summed E-state index contributed by atoms with van der Waals surface area (Å²) in [6.07, 6.45) is 4.78. The first-order valence-corrected chi connectivity index (χ1v) is 4.98. The average molecular weight is 206 g/mol. The standard InChI is InChI=1S/C13H15FO/c1-10(2)9-15-13-7-11(3)5-4-6-12(14)8-13/h5,7-8,10H,9H2,1-3H3/b11-5-,11-7?,12-8-,13-7+,13-8?. The minimum atomic E-state index is -0.464. The highest BCUT2D eigenvalue weighted by molar-refractivity contribution is 5.40. The first-order valence-electron chi connectivity index (χ1n) is 4.98. The first-order chi connectivity index (χ1) is 7.08. The summed E-state index contributed by atoms with van der Waals surface area (Å²) in [5.74, 6) is 5.48. The van der Waals surface area contributed by atoms with Gasteiger partial charge in [0.2, 0.25) is 0 Å². The Kier molecular flexibility index (Phi) is 4.17. The second-order valence-electron chi connectivity index (χ2n) is 3.90. The van der Waals surface area contributed by atoms with Crippen LogP contribution in [0.1, 0.15) is 20.8 Å². The molecule has 2 heteroatoms. The van der Waals surface area contributed by atoms with Gasteiger partial charge in [0, 0.05) is 6.08 Å². The van der Waals surface area contributed by atoms with Crippen molar-refractivity contribution in [3.8, 4) is 11.8 Å². The normalized spacial score (nSPS) is 25.8. The van der Waals surface area contributed by atoms with E-state index in [1.54, 1.807) is 12.2 Å². The smallest absolute Gasteiger partial charge is 0.177 e. The highest BCUT2D eigenvalue weighted by Crippen LogP contribution is 2.12. The third-order valence-corrected chi connectivity index (χ3v) is 1.71. The van der Waals surface area contributed by atoms with E-state index in [1.807, 2.05) is 20.8 Å². The molecule has 1 rings (SSSR count). The van der Waals surface area contributed by atoms with E-state index < -0.39 is 5.83 Å². The van der Waals surface area contributed by atoms with Crippen LogP contribution in [-0.2, 0) is 4.74 Å². The lowest BCUT2D eigenvalue weighted by Gasteiger charge is -2.09. The molecule has 1 aliphatic carbocycles. The van der Waals surface area contributed by atoms with Gasteiger partial charge in [0.1, 0.15) is 5.76 Å². The van der Waals surface area contributed by atoms with Crippen LogP contribution in [0.3, 0.4) is 0 Å². The Hall–Kier alpha value is -1.49. The molecule has 0 amide bonds. The first kappa shape index (κ1) is 11.6. The van der Waals surface area contributed by atoms with Crippen molar-refractivity contribution >= 4 is 0 Å². The van der Waals surface area contributed by atoms with Gasteiger partial charge in [-0.25, -0.2) is 0 Å². The van der Waals surface area contributed by atoms with Crippen molar-refractivity contribution < 1.29 is 9.13 Å². The summed E-state index contributed by atoms with van der Waals surface area (Å²) >= 11 is 0. The van der Waals surface area contributed by atoms with Gasteiger partial charge in [0.15, 0.2) is 5.83 Å². The van der Waals surface area contributed by atoms with Crippen LogP contribution in [-0.4, -0.2) is 6.61 Å². The monoisotopic (exact) mass is 206 g/mol. The SMILES string of the molecule is CC1=C/C#C/C(F)=C/C(OCC(C)C)=C\1. The molecule has 0 spiro atoms.